The lowest BCUT2D eigenvalue weighted by Crippen LogP contribution is -2.18. The molecular formula is C63H104O10S6. The van der Waals surface area contributed by atoms with Crippen LogP contribution in [0.15, 0.2) is 36.4 Å². The second-order valence-electron chi connectivity index (χ2n) is 25.8. The lowest BCUT2D eigenvalue weighted by atomic mass is 9.78. The number of carbonyl (C=O) groups excluding carboxylic acids is 1. The normalized spacial score (nSPS) is 13.6. The molecule has 3 aromatic carbocycles. The molecule has 2 unspecified atom stereocenters. The van der Waals surface area contributed by atoms with E-state index in [4.69, 9.17) is 28.4 Å². The van der Waals surface area contributed by atoms with Crippen LogP contribution in [0, 0.1) is 0 Å². The highest BCUT2D eigenvalue weighted by Gasteiger charge is 2.31. The van der Waals surface area contributed by atoms with E-state index in [1.54, 1.807) is 12.1 Å². The van der Waals surface area contributed by atoms with Crippen molar-refractivity contribution >= 4 is 78.6 Å². The Labute approximate surface area is 507 Å². The first kappa shape index (κ1) is 73.7. The van der Waals surface area contributed by atoms with E-state index in [-0.39, 0.29) is 41.7 Å². The minimum atomic E-state index is -0.203. The van der Waals surface area contributed by atoms with Crippen molar-refractivity contribution in [3.8, 4) is 17.2 Å². The van der Waals surface area contributed by atoms with Crippen molar-refractivity contribution in [2.75, 3.05) is 114 Å². The van der Waals surface area contributed by atoms with Gasteiger partial charge in [-0.25, -0.2) is 0 Å². The van der Waals surface area contributed by atoms with Gasteiger partial charge in [0.1, 0.15) is 23.5 Å². The van der Waals surface area contributed by atoms with Crippen molar-refractivity contribution in [3.05, 3.63) is 86.5 Å². The number of carbonyl (C=O) groups is 1. The molecule has 3 aromatic rings. The van der Waals surface area contributed by atoms with Gasteiger partial charge in [-0.05, 0) is 102 Å². The van der Waals surface area contributed by atoms with E-state index >= 15 is 0 Å². The summed E-state index contributed by atoms with van der Waals surface area (Å²) >= 11 is 15.9. The number of benzene rings is 3. The number of aromatic hydroxyl groups is 3. The van der Waals surface area contributed by atoms with Gasteiger partial charge in [0.15, 0.2) is 0 Å². The Balaban J connectivity index is 0.00000106. The standard InChI is InChI=1S/C48H82O8S6.C15H22O2/c1-45(2,3)37-31-35(32-38(41(37)49)46(4,5)6)43(59-27-21-53-15-13-51-19-25-57)61-29-23-55-17-18-56-24-30-62-44(60-28-22-54-16-14-52-20-26-58)36-33-39(47(7,8)9)42(50)40(34-36)48(10,11)12;1-14(2,3)11-7-10(9-16)8-12(13(11)17)15(4,5)6/h31-34,43-44,49-50,57-58H,13-30H2,1-12H3;7-9,17H,1-6H3. The predicted molar refractivity (Wildman–Crippen MR) is 350 cm³/mol. The molecule has 3 rings (SSSR count). The van der Waals surface area contributed by atoms with Gasteiger partial charge in [-0.2, -0.15) is 25.3 Å². The van der Waals surface area contributed by atoms with Crippen LogP contribution in [-0.2, 0) is 60.9 Å². The lowest BCUT2D eigenvalue weighted by molar-refractivity contribution is 0.0604. The average Bonchev–Trinajstić information content (AvgIpc) is 3.34. The molecule has 0 saturated carbocycles. The van der Waals surface area contributed by atoms with E-state index in [0.717, 1.165) is 62.7 Å². The van der Waals surface area contributed by atoms with Crippen molar-refractivity contribution in [2.45, 2.75) is 166 Å². The number of ether oxygens (including phenoxy) is 6. The molecule has 0 bridgehead atoms. The van der Waals surface area contributed by atoms with Gasteiger partial charge in [0.25, 0.3) is 0 Å². The van der Waals surface area contributed by atoms with Gasteiger partial charge < -0.3 is 43.7 Å². The van der Waals surface area contributed by atoms with Gasteiger partial charge in [-0.1, -0.05) is 125 Å². The second-order valence-corrected chi connectivity index (χ2v) is 32.1. The van der Waals surface area contributed by atoms with E-state index in [0.29, 0.717) is 114 Å². The van der Waals surface area contributed by atoms with Crippen LogP contribution >= 0.6 is 72.3 Å². The SMILES string of the molecule is CC(C)(C)c1cc(C(SCCOCCOCCS)SCCOCCOCCSC(SCCOCCOCCS)c2cc(C(C)(C)C)c(O)c(C(C)(C)C)c2)cc(C(C)(C)C)c1O.CC(C)(C)c1cc(C=O)cc(C(C)(C)C)c1O. The van der Waals surface area contributed by atoms with Gasteiger partial charge >= 0.3 is 0 Å². The molecule has 0 aromatic heterocycles. The number of phenols is 3. The number of thiol groups is 2. The van der Waals surface area contributed by atoms with E-state index in [1.165, 1.54) is 11.1 Å². The molecule has 0 aliphatic carbocycles. The molecule has 0 heterocycles. The maximum absolute atomic E-state index is 11.4. The maximum atomic E-state index is 11.4. The molecule has 0 radical (unpaired) electrons. The zero-order chi connectivity index (χ0) is 59.8. The Kier molecular flexibility index (Phi) is 32.8. The molecule has 0 amide bonds. The van der Waals surface area contributed by atoms with Crippen LogP contribution in [0.1, 0.15) is 189 Å². The van der Waals surface area contributed by atoms with Crippen molar-refractivity contribution in [3.63, 3.8) is 0 Å². The smallest absolute Gasteiger partial charge is 0.150 e. The van der Waals surface area contributed by atoms with Crippen molar-refractivity contribution in [1.29, 1.82) is 0 Å². The Morgan fingerprint density at radius 1 is 0.367 bits per heavy atom. The Hall–Kier alpha value is -1.41. The van der Waals surface area contributed by atoms with Gasteiger partial charge in [0.05, 0.1) is 88.4 Å². The van der Waals surface area contributed by atoms with Crippen LogP contribution in [0.5, 0.6) is 17.2 Å². The zero-order valence-corrected chi connectivity index (χ0v) is 56.7. The van der Waals surface area contributed by atoms with Crippen LogP contribution < -0.4 is 0 Å². The first-order valence-corrected chi connectivity index (χ1v) is 33.4. The van der Waals surface area contributed by atoms with E-state index in [2.05, 4.69) is 133 Å². The van der Waals surface area contributed by atoms with E-state index < -0.39 is 0 Å². The number of rotatable bonds is 32. The summed E-state index contributed by atoms with van der Waals surface area (Å²) in [5.74, 6) is 5.87. The number of hydrogen-bond acceptors (Lipinski definition) is 16. The van der Waals surface area contributed by atoms with Gasteiger partial charge in [0.2, 0.25) is 0 Å². The summed E-state index contributed by atoms with van der Waals surface area (Å²) in [6, 6.07) is 12.3. The number of thioether (sulfide) groups is 4. The second kappa shape index (κ2) is 35.1. The molecule has 452 valence electrons. The molecule has 16 heteroatoms. The van der Waals surface area contributed by atoms with Crippen LogP contribution in [0.4, 0.5) is 0 Å². The Morgan fingerprint density at radius 2 is 0.570 bits per heavy atom. The molecule has 79 heavy (non-hydrogen) atoms. The highest BCUT2D eigenvalue weighted by molar-refractivity contribution is 8.16. The molecule has 2 atom stereocenters. The Morgan fingerprint density at radius 3 is 0.759 bits per heavy atom. The third-order valence-corrected chi connectivity index (χ3v) is 18.4. The van der Waals surface area contributed by atoms with Crippen LogP contribution in [0.2, 0.25) is 0 Å². The fraction of sp³-hybridized carbons (Fsp3) is 0.698. The minimum Gasteiger partial charge on any atom is -0.507 e. The van der Waals surface area contributed by atoms with Crippen LogP contribution in [-0.4, -0.2) is 135 Å². The monoisotopic (exact) mass is 1210 g/mol. The zero-order valence-electron chi connectivity index (χ0n) is 51.7. The summed E-state index contributed by atoms with van der Waals surface area (Å²) in [6.45, 7) is 45.2. The van der Waals surface area contributed by atoms with Crippen LogP contribution in [0.25, 0.3) is 0 Å². The molecule has 0 fully saturated rings. The Bertz CT molecular complexity index is 2010. The van der Waals surface area contributed by atoms with Gasteiger partial charge in [-0.3, -0.25) is 4.79 Å². The quantitative estimate of drug-likeness (QED) is 0.0176. The van der Waals surface area contributed by atoms with Gasteiger partial charge in [0, 0.05) is 51.2 Å². The van der Waals surface area contributed by atoms with Crippen LogP contribution in [0.3, 0.4) is 0 Å². The topological polar surface area (TPSA) is 133 Å². The van der Waals surface area contributed by atoms with Crippen molar-refractivity contribution in [2.24, 2.45) is 0 Å². The first-order chi connectivity index (χ1) is 36.7. The first-order valence-electron chi connectivity index (χ1n) is 27.9. The lowest BCUT2D eigenvalue weighted by Gasteiger charge is -2.30. The van der Waals surface area contributed by atoms with Crippen molar-refractivity contribution < 1.29 is 48.5 Å². The highest BCUT2D eigenvalue weighted by Crippen LogP contribution is 2.48. The largest absolute Gasteiger partial charge is 0.507 e. The number of hydrogen-bond donors (Lipinski definition) is 5. The fourth-order valence-corrected chi connectivity index (χ4v) is 13.4. The minimum absolute atomic E-state index is 0.153. The van der Waals surface area contributed by atoms with E-state index in [9.17, 15) is 20.1 Å². The summed E-state index contributed by atoms with van der Waals surface area (Å²) in [5.41, 5.74) is 7.43. The summed E-state index contributed by atoms with van der Waals surface area (Å²) in [6.07, 6.45) is 0.837. The molecule has 0 aliphatic rings. The molecule has 10 nitrogen and oxygen atoms in total. The number of aldehydes is 1. The summed E-state index contributed by atoms with van der Waals surface area (Å²) < 4.78 is 35.2. The summed E-state index contributed by atoms with van der Waals surface area (Å²) in [7, 11) is 0. The van der Waals surface area contributed by atoms with E-state index in [1.807, 2.05) is 88.6 Å². The molecule has 0 aliphatic heterocycles. The summed E-state index contributed by atoms with van der Waals surface area (Å²) in [5, 5.41) is 33.1. The third kappa shape index (κ3) is 27.0. The fourth-order valence-electron chi connectivity index (χ4n) is 8.17. The number of phenolic OH excluding ortho intramolecular Hbond substituents is 3. The molecular weight excluding hydrogens is 1110 g/mol. The third-order valence-electron chi connectivity index (χ3n) is 12.5. The van der Waals surface area contributed by atoms with Gasteiger partial charge in [-0.15, -0.1) is 47.0 Å². The average molecular weight is 1210 g/mol. The molecule has 0 spiro atoms. The predicted octanol–water partition coefficient (Wildman–Crippen LogP) is 15.7. The molecule has 0 saturated heterocycles. The summed E-state index contributed by atoms with van der Waals surface area (Å²) in [4.78, 5) is 11.0. The van der Waals surface area contributed by atoms with Crippen molar-refractivity contribution in [1.82, 2.24) is 0 Å². The highest BCUT2D eigenvalue weighted by atomic mass is 32.2. The molecule has 3 N–H and O–H groups in total. The maximum Gasteiger partial charge on any atom is 0.150 e.